The molecule has 1 aliphatic heterocycles. The molecule has 1 aromatic rings. The van der Waals surface area contributed by atoms with Crippen LogP contribution >= 0.6 is 31.9 Å². The Balaban J connectivity index is 2.63. The van der Waals surface area contributed by atoms with Gasteiger partial charge >= 0.3 is 7.12 Å². The van der Waals surface area contributed by atoms with E-state index in [-0.39, 0.29) is 0 Å². The minimum absolute atomic E-state index is 0.591. The summed E-state index contributed by atoms with van der Waals surface area (Å²) in [6.45, 7) is 0. The Morgan fingerprint density at radius 1 is 1.38 bits per heavy atom. The molecule has 6 heteroatoms. The lowest BCUT2D eigenvalue weighted by Gasteiger charge is -2.05. The van der Waals surface area contributed by atoms with Gasteiger partial charge in [-0.15, -0.1) is 0 Å². The molecule has 3 nitrogen and oxygen atoms in total. The average molecular weight is 308 g/mol. The molecule has 1 atom stereocenters. The first-order chi connectivity index (χ1) is 6.09. The number of benzene rings is 1. The van der Waals surface area contributed by atoms with Crippen LogP contribution in [0.3, 0.4) is 0 Å². The number of fused-ring (bicyclic) bond motifs is 1. The molecule has 2 N–H and O–H groups in total. The molecule has 0 amide bonds. The van der Waals surface area contributed by atoms with E-state index in [9.17, 15) is 10.1 Å². The smallest absolute Gasteiger partial charge is 0.423 e. The Morgan fingerprint density at radius 2 is 2.08 bits per heavy atom. The highest BCUT2D eigenvalue weighted by atomic mass is 79.9. The highest BCUT2D eigenvalue weighted by Gasteiger charge is 2.35. The molecule has 0 bridgehead atoms. The normalized spacial score (nSPS) is 20.6. The Morgan fingerprint density at radius 3 is 2.77 bits per heavy atom. The van der Waals surface area contributed by atoms with Crippen LogP contribution in [0.2, 0.25) is 0 Å². The molecular weight excluding hydrogens is 303 g/mol. The Bertz CT molecular complexity index is 358. The molecule has 0 aromatic heterocycles. The van der Waals surface area contributed by atoms with Crippen molar-refractivity contribution in [2.24, 2.45) is 0 Å². The molecule has 0 saturated carbocycles. The van der Waals surface area contributed by atoms with Crippen LogP contribution in [0.5, 0.6) is 0 Å². The zero-order chi connectivity index (χ0) is 9.59. The van der Waals surface area contributed by atoms with Gasteiger partial charge in [0.25, 0.3) is 0 Å². The Kier molecular flexibility index (Phi) is 2.50. The van der Waals surface area contributed by atoms with Gasteiger partial charge in [-0.25, -0.2) is 0 Å². The van der Waals surface area contributed by atoms with Gasteiger partial charge in [0.05, 0.1) is 0 Å². The zero-order valence-electron chi connectivity index (χ0n) is 6.37. The number of rotatable bonds is 0. The van der Waals surface area contributed by atoms with Gasteiger partial charge in [-0.2, -0.15) is 0 Å². The maximum Gasteiger partial charge on any atom is 0.493 e. The highest BCUT2D eigenvalue weighted by molar-refractivity contribution is 9.11. The summed E-state index contributed by atoms with van der Waals surface area (Å²) in [6.07, 6.45) is -1.05. The summed E-state index contributed by atoms with van der Waals surface area (Å²) in [6, 6.07) is 3.52. The monoisotopic (exact) mass is 306 g/mol. The second-order valence-corrected chi connectivity index (χ2v) is 4.50. The van der Waals surface area contributed by atoms with E-state index < -0.39 is 13.4 Å². The SMILES string of the molecule is OB1OC(O)c2c(Br)cc(Br)cc21. The summed E-state index contributed by atoms with van der Waals surface area (Å²) in [5.41, 5.74) is 1.18. The van der Waals surface area contributed by atoms with Gasteiger partial charge in [-0.3, -0.25) is 0 Å². The van der Waals surface area contributed by atoms with Gasteiger partial charge in [-0.05, 0) is 17.6 Å². The molecule has 2 rings (SSSR count). The Labute approximate surface area is 92.1 Å². The van der Waals surface area contributed by atoms with Crippen molar-refractivity contribution in [3.05, 3.63) is 26.6 Å². The molecule has 0 spiro atoms. The summed E-state index contributed by atoms with van der Waals surface area (Å²) >= 11 is 6.57. The molecule has 0 saturated heterocycles. The lowest BCUT2D eigenvalue weighted by molar-refractivity contribution is -0.0223. The largest absolute Gasteiger partial charge is 0.493 e. The summed E-state index contributed by atoms with van der Waals surface area (Å²) in [7, 11) is -1.04. The quantitative estimate of drug-likeness (QED) is 0.701. The van der Waals surface area contributed by atoms with Crippen molar-refractivity contribution in [1.29, 1.82) is 0 Å². The molecule has 1 aromatic carbocycles. The van der Waals surface area contributed by atoms with E-state index in [0.29, 0.717) is 11.0 Å². The van der Waals surface area contributed by atoms with Crippen LogP contribution in [-0.4, -0.2) is 17.2 Å². The Hall–Kier alpha value is 0.125. The fourth-order valence-corrected chi connectivity index (χ4v) is 2.79. The average Bonchev–Trinajstić information content (AvgIpc) is 2.27. The number of hydrogen-bond donors (Lipinski definition) is 2. The van der Waals surface area contributed by atoms with Gasteiger partial charge in [0.2, 0.25) is 0 Å². The van der Waals surface area contributed by atoms with Gasteiger partial charge in [0.1, 0.15) is 0 Å². The third-order valence-corrected chi connectivity index (χ3v) is 3.01. The molecule has 0 radical (unpaired) electrons. The van der Waals surface area contributed by atoms with E-state index in [4.69, 9.17) is 4.65 Å². The molecule has 13 heavy (non-hydrogen) atoms. The minimum atomic E-state index is -1.05. The first-order valence-electron chi connectivity index (χ1n) is 3.60. The second kappa shape index (κ2) is 3.36. The maximum atomic E-state index is 9.40. The van der Waals surface area contributed by atoms with Crippen molar-refractivity contribution in [3.63, 3.8) is 0 Å². The van der Waals surface area contributed by atoms with Crippen LogP contribution < -0.4 is 5.46 Å². The zero-order valence-corrected chi connectivity index (χ0v) is 9.54. The fourth-order valence-electron chi connectivity index (χ4n) is 1.33. The summed E-state index contributed by atoms with van der Waals surface area (Å²) < 4.78 is 6.38. The van der Waals surface area contributed by atoms with Crippen LogP contribution in [0, 0.1) is 0 Å². The first kappa shape index (κ1) is 9.67. The lowest BCUT2D eigenvalue weighted by Crippen LogP contribution is -2.28. The van der Waals surface area contributed by atoms with Crippen LogP contribution in [-0.2, 0) is 4.65 Å². The van der Waals surface area contributed by atoms with Gasteiger partial charge < -0.3 is 14.8 Å². The minimum Gasteiger partial charge on any atom is -0.423 e. The summed E-state index contributed by atoms with van der Waals surface area (Å²) in [5.74, 6) is 0. The predicted octanol–water partition coefficient (Wildman–Crippen LogP) is 0.920. The molecular formula is C7H5BBr2O3. The first-order valence-corrected chi connectivity index (χ1v) is 5.18. The van der Waals surface area contributed by atoms with E-state index >= 15 is 0 Å². The van der Waals surface area contributed by atoms with Crippen molar-refractivity contribution in [2.75, 3.05) is 0 Å². The van der Waals surface area contributed by atoms with Crippen LogP contribution in [0.25, 0.3) is 0 Å². The predicted molar refractivity (Wildman–Crippen MR) is 55.5 cm³/mol. The maximum absolute atomic E-state index is 9.40. The van der Waals surface area contributed by atoms with E-state index in [1.165, 1.54) is 0 Å². The van der Waals surface area contributed by atoms with Crippen molar-refractivity contribution in [3.8, 4) is 0 Å². The molecule has 68 valence electrons. The fraction of sp³-hybridized carbons (Fsp3) is 0.143. The summed E-state index contributed by atoms with van der Waals surface area (Å²) in [5, 5.41) is 18.8. The molecule has 1 heterocycles. The van der Waals surface area contributed by atoms with Crippen LogP contribution in [0.4, 0.5) is 0 Å². The summed E-state index contributed by atoms with van der Waals surface area (Å²) in [4.78, 5) is 0. The van der Waals surface area contributed by atoms with Gasteiger partial charge in [0, 0.05) is 14.5 Å². The molecule has 1 unspecified atom stereocenters. The highest BCUT2D eigenvalue weighted by Crippen LogP contribution is 2.30. The van der Waals surface area contributed by atoms with Crippen molar-refractivity contribution >= 4 is 44.4 Å². The third-order valence-electron chi connectivity index (χ3n) is 1.90. The standard InChI is InChI=1S/C7H5BBr2O3/c9-3-1-4-6(5(10)2-3)7(11)13-8(4)12/h1-2,7,11-12H. The number of aliphatic hydroxyl groups excluding tert-OH is 1. The molecule has 1 aliphatic rings. The van der Waals surface area contributed by atoms with E-state index in [1.807, 2.05) is 0 Å². The second-order valence-electron chi connectivity index (χ2n) is 2.73. The third kappa shape index (κ3) is 1.57. The lowest BCUT2D eigenvalue weighted by atomic mass is 9.80. The molecule has 0 aliphatic carbocycles. The van der Waals surface area contributed by atoms with Crippen molar-refractivity contribution < 1.29 is 14.8 Å². The number of hydrogen-bond acceptors (Lipinski definition) is 3. The topological polar surface area (TPSA) is 49.7 Å². The van der Waals surface area contributed by atoms with Crippen LogP contribution in [0.15, 0.2) is 21.1 Å². The number of aliphatic hydroxyl groups is 1. The van der Waals surface area contributed by atoms with Crippen LogP contribution in [0.1, 0.15) is 11.9 Å². The number of halogens is 2. The molecule has 0 fully saturated rings. The van der Waals surface area contributed by atoms with Gasteiger partial charge in [-0.1, -0.05) is 31.9 Å². The van der Waals surface area contributed by atoms with Crippen molar-refractivity contribution in [2.45, 2.75) is 6.29 Å². The van der Waals surface area contributed by atoms with E-state index in [0.717, 1.165) is 8.95 Å². The van der Waals surface area contributed by atoms with E-state index in [2.05, 4.69) is 31.9 Å². The van der Waals surface area contributed by atoms with Crippen molar-refractivity contribution in [1.82, 2.24) is 0 Å². The van der Waals surface area contributed by atoms with Gasteiger partial charge in [0.15, 0.2) is 6.29 Å². The van der Waals surface area contributed by atoms with E-state index in [1.54, 1.807) is 12.1 Å².